The molecule has 0 saturated carbocycles. The first kappa shape index (κ1) is 10.9. The zero-order valence-electron chi connectivity index (χ0n) is 8.03. The van der Waals surface area contributed by atoms with Gasteiger partial charge in [-0.2, -0.15) is 17.4 Å². The van der Waals surface area contributed by atoms with Crippen LogP contribution in [0.4, 0.5) is 0 Å². The maximum Gasteiger partial charge on any atom is 0.279 e. The van der Waals surface area contributed by atoms with E-state index in [9.17, 15) is 8.42 Å². The number of nitrogens with one attached hydrogen (secondary N) is 1. The van der Waals surface area contributed by atoms with Crippen LogP contribution in [-0.4, -0.2) is 37.9 Å². The summed E-state index contributed by atoms with van der Waals surface area (Å²) in [4.78, 5) is 0. The van der Waals surface area contributed by atoms with Crippen molar-refractivity contribution in [3.8, 4) is 0 Å². The summed E-state index contributed by atoms with van der Waals surface area (Å²) in [5, 5.41) is 0. The second kappa shape index (κ2) is 3.91. The van der Waals surface area contributed by atoms with Crippen molar-refractivity contribution in [1.82, 2.24) is 9.03 Å². The van der Waals surface area contributed by atoms with Crippen LogP contribution >= 0.6 is 0 Å². The summed E-state index contributed by atoms with van der Waals surface area (Å²) in [5.74, 6) is 0. The first-order valence-electron chi connectivity index (χ1n) is 4.45. The van der Waals surface area contributed by atoms with Gasteiger partial charge in [0.25, 0.3) is 10.2 Å². The molecule has 6 heteroatoms. The normalized spacial score (nSPS) is 25.7. The van der Waals surface area contributed by atoms with E-state index in [-0.39, 0.29) is 12.1 Å². The van der Waals surface area contributed by atoms with Crippen LogP contribution in [0.1, 0.15) is 20.3 Å². The Hall–Kier alpha value is -0.170. The van der Waals surface area contributed by atoms with Crippen molar-refractivity contribution < 1.29 is 8.42 Å². The number of nitrogens with zero attached hydrogens (tertiary/aromatic N) is 1. The van der Waals surface area contributed by atoms with Crippen LogP contribution in [0.3, 0.4) is 0 Å². The summed E-state index contributed by atoms with van der Waals surface area (Å²) in [6.07, 6.45) is 0.749. The van der Waals surface area contributed by atoms with Gasteiger partial charge in [0.15, 0.2) is 0 Å². The molecular weight excluding hydrogens is 190 g/mol. The Morgan fingerprint density at radius 1 is 1.54 bits per heavy atom. The quantitative estimate of drug-likeness (QED) is 0.640. The second-order valence-electron chi connectivity index (χ2n) is 3.68. The summed E-state index contributed by atoms with van der Waals surface area (Å²) in [6.45, 7) is 4.56. The molecule has 0 aromatic rings. The van der Waals surface area contributed by atoms with E-state index in [0.29, 0.717) is 13.1 Å². The molecule has 0 bridgehead atoms. The molecule has 0 radical (unpaired) electrons. The maximum atomic E-state index is 11.5. The molecule has 1 heterocycles. The van der Waals surface area contributed by atoms with Crippen molar-refractivity contribution in [3.05, 3.63) is 0 Å². The fourth-order valence-electron chi connectivity index (χ4n) is 1.34. The summed E-state index contributed by atoms with van der Waals surface area (Å²) in [5.41, 5.74) is 5.62. The first-order valence-corrected chi connectivity index (χ1v) is 5.89. The standard InChI is InChI=1S/C7H17N3O2S/c1-6(2)9-13(11,12)10-4-3-7(8)5-10/h6-7,9H,3-5,8H2,1-2H3. The van der Waals surface area contributed by atoms with E-state index in [1.54, 1.807) is 13.8 Å². The Morgan fingerprint density at radius 3 is 2.54 bits per heavy atom. The van der Waals surface area contributed by atoms with Crippen LogP contribution in [0.2, 0.25) is 0 Å². The van der Waals surface area contributed by atoms with Gasteiger partial charge in [-0.3, -0.25) is 0 Å². The van der Waals surface area contributed by atoms with Gasteiger partial charge < -0.3 is 5.73 Å². The molecule has 1 unspecified atom stereocenters. The monoisotopic (exact) mass is 207 g/mol. The van der Waals surface area contributed by atoms with Gasteiger partial charge >= 0.3 is 0 Å². The van der Waals surface area contributed by atoms with Crippen LogP contribution < -0.4 is 10.5 Å². The molecule has 0 aromatic heterocycles. The van der Waals surface area contributed by atoms with Gasteiger partial charge in [0.05, 0.1) is 0 Å². The van der Waals surface area contributed by atoms with Crippen molar-refractivity contribution in [1.29, 1.82) is 0 Å². The van der Waals surface area contributed by atoms with Gasteiger partial charge in [-0.1, -0.05) is 0 Å². The van der Waals surface area contributed by atoms with Gasteiger partial charge in [0, 0.05) is 25.2 Å². The Labute approximate surface area is 79.5 Å². The minimum atomic E-state index is -3.29. The van der Waals surface area contributed by atoms with Crippen molar-refractivity contribution in [2.75, 3.05) is 13.1 Å². The third-order valence-corrected chi connectivity index (χ3v) is 3.69. The van der Waals surface area contributed by atoms with Gasteiger partial charge in [-0.25, -0.2) is 0 Å². The highest BCUT2D eigenvalue weighted by molar-refractivity contribution is 7.87. The van der Waals surface area contributed by atoms with Crippen molar-refractivity contribution in [3.63, 3.8) is 0 Å². The molecule has 1 aliphatic heterocycles. The average molecular weight is 207 g/mol. The van der Waals surface area contributed by atoms with Crippen LogP contribution in [0.5, 0.6) is 0 Å². The maximum absolute atomic E-state index is 11.5. The highest BCUT2D eigenvalue weighted by Gasteiger charge is 2.29. The Bertz CT molecular complexity index is 263. The number of rotatable bonds is 3. The minimum Gasteiger partial charge on any atom is -0.326 e. The minimum absolute atomic E-state index is 0.0104. The Kier molecular flexibility index (Phi) is 3.28. The van der Waals surface area contributed by atoms with Crippen molar-refractivity contribution >= 4 is 10.2 Å². The summed E-state index contributed by atoms with van der Waals surface area (Å²) in [6, 6.07) is -0.0782. The molecule has 5 nitrogen and oxygen atoms in total. The van der Waals surface area contributed by atoms with Gasteiger partial charge in [0.1, 0.15) is 0 Å². The molecule has 78 valence electrons. The third-order valence-electron chi connectivity index (χ3n) is 1.91. The summed E-state index contributed by atoms with van der Waals surface area (Å²) in [7, 11) is -3.29. The largest absolute Gasteiger partial charge is 0.326 e. The van der Waals surface area contributed by atoms with E-state index >= 15 is 0 Å². The van der Waals surface area contributed by atoms with E-state index in [1.807, 2.05) is 0 Å². The summed E-state index contributed by atoms with van der Waals surface area (Å²) < 4.78 is 27.0. The fourth-order valence-corrected chi connectivity index (χ4v) is 2.82. The van der Waals surface area contributed by atoms with Gasteiger partial charge in [-0.05, 0) is 20.3 Å². The lowest BCUT2D eigenvalue weighted by atomic mass is 10.3. The average Bonchev–Trinajstić information content (AvgIpc) is 2.32. The molecule has 0 aromatic carbocycles. The van der Waals surface area contributed by atoms with Crippen LogP contribution in [0, 0.1) is 0 Å². The SMILES string of the molecule is CC(C)NS(=O)(=O)N1CCC(N)C1. The molecule has 0 spiro atoms. The number of nitrogens with two attached hydrogens (primary N) is 1. The summed E-state index contributed by atoms with van der Waals surface area (Å²) >= 11 is 0. The van der Waals surface area contributed by atoms with E-state index in [0.717, 1.165) is 6.42 Å². The molecule has 1 rings (SSSR count). The molecular formula is C7H17N3O2S. The molecule has 13 heavy (non-hydrogen) atoms. The molecule has 1 saturated heterocycles. The van der Waals surface area contributed by atoms with Crippen LogP contribution in [0.15, 0.2) is 0 Å². The molecule has 0 amide bonds. The third kappa shape index (κ3) is 2.91. The lowest BCUT2D eigenvalue weighted by molar-refractivity contribution is 0.454. The fraction of sp³-hybridized carbons (Fsp3) is 1.00. The molecule has 1 fully saturated rings. The van der Waals surface area contributed by atoms with Crippen LogP contribution in [0.25, 0.3) is 0 Å². The number of hydrogen-bond donors (Lipinski definition) is 2. The highest BCUT2D eigenvalue weighted by Crippen LogP contribution is 2.10. The number of hydrogen-bond acceptors (Lipinski definition) is 3. The highest BCUT2D eigenvalue weighted by atomic mass is 32.2. The van der Waals surface area contributed by atoms with Gasteiger partial charge in [-0.15, -0.1) is 0 Å². The predicted octanol–water partition coefficient (Wildman–Crippen LogP) is -0.738. The lowest BCUT2D eigenvalue weighted by Gasteiger charge is -2.18. The lowest BCUT2D eigenvalue weighted by Crippen LogP contribution is -2.43. The molecule has 3 N–H and O–H groups in total. The van der Waals surface area contributed by atoms with Crippen molar-refractivity contribution in [2.45, 2.75) is 32.4 Å². The van der Waals surface area contributed by atoms with E-state index in [4.69, 9.17) is 5.73 Å². The van der Waals surface area contributed by atoms with E-state index in [2.05, 4.69) is 4.72 Å². The van der Waals surface area contributed by atoms with E-state index < -0.39 is 10.2 Å². The molecule has 0 aliphatic carbocycles. The van der Waals surface area contributed by atoms with E-state index in [1.165, 1.54) is 4.31 Å². The van der Waals surface area contributed by atoms with Crippen molar-refractivity contribution in [2.24, 2.45) is 5.73 Å². The second-order valence-corrected chi connectivity index (χ2v) is 5.39. The smallest absolute Gasteiger partial charge is 0.279 e. The molecule has 1 aliphatic rings. The zero-order chi connectivity index (χ0) is 10.1. The van der Waals surface area contributed by atoms with Crippen LogP contribution in [-0.2, 0) is 10.2 Å². The van der Waals surface area contributed by atoms with Gasteiger partial charge in [0.2, 0.25) is 0 Å². The Balaban J connectivity index is 2.60. The zero-order valence-corrected chi connectivity index (χ0v) is 8.84. The first-order chi connectivity index (χ1) is 5.92. The topological polar surface area (TPSA) is 75.4 Å². The predicted molar refractivity (Wildman–Crippen MR) is 51.4 cm³/mol. The Morgan fingerprint density at radius 2 is 2.15 bits per heavy atom. The molecule has 1 atom stereocenters.